The van der Waals surface area contributed by atoms with E-state index in [1.54, 1.807) is 6.92 Å². The average molecular weight is 261 g/mol. The summed E-state index contributed by atoms with van der Waals surface area (Å²) in [5.74, 6) is -0.967. The molecule has 0 aliphatic rings. The number of hydrogen-bond donors (Lipinski definition) is 2. The van der Waals surface area contributed by atoms with Gasteiger partial charge in [0.05, 0.1) is 6.61 Å². The predicted octanol–water partition coefficient (Wildman–Crippen LogP) is 1.09. The van der Waals surface area contributed by atoms with Gasteiger partial charge >= 0.3 is 5.97 Å². The minimum Gasteiger partial charge on any atom is -0.464 e. The van der Waals surface area contributed by atoms with Crippen LogP contribution in [-0.4, -0.2) is 29.2 Å². The molecule has 0 radical (unpaired) electrons. The number of rotatable bonds is 6. The van der Waals surface area contributed by atoms with Gasteiger partial charge in [-0.15, -0.1) is 0 Å². The van der Waals surface area contributed by atoms with E-state index in [0.29, 0.717) is 6.42 Å². The molecule has 4 nitrogen and oxygen atoms in total. The number of carbonyl (C=O) groups is 1. The second-order valence-corrected chi connectivity index (χ2v) is 4.32. The molecular weight excluding hydrogens is 246 g/mol. The molecule has 4 N–H and O–H groups in total. The zero-order valence-electron chi connectivity index (χ0n) is 8.43. The summed E-state index contributed by atoms with van der Waals surface area (Å²) >= 11 is 10.5. The molecule has 0 rings (SSSR count). The molecule has 1 unspecified atom stereocenters. The van der Waals surface area contributed by atoms with Crippen molar-refractivity contribution in [2.75, 3.05) is 13.2 Å². The zero-order chi connectivity index (χ0) is 12.1. The maximum Gasteiger partial charge on any atom is 0.332 e. The van der Waals surface area contributed by atoms with Crippen molar-refractivity contribution in [3.8, 4) is 0 Å². The molecule has 0 saturated heterocycles. The highest BCUT2D eigenvalue weighted by Gasteiger charge is 2.54. The SMILES string of the molecule is CCOC(=O)C(N)(CCCN)C(F)(Cl)Cl. The first-order valence-corrected chi connectivity index (χ1v) is 5.28. The lowest BCUT2D eigenvalue weighted by atomic mass is 9.95. The van der Waals surface area contributed by atoms with Gasteiger partial charge in [-0.25, -0.2) is 9.18 Å². The maximum absolute atomic E-state index is 13.4. The summed E-state index contributed by atoms with van der Waals surface area (Å²) in [6.45, 7) is 1.90. The third kappa shape index (κ3) is 3.75. The fraction of sp³-hybridized carbons (Fsp3) is 0.875. The Labute approximate surface area is 98.0 Å². The van der Waals surface area contributed by atoms with Crippen LogP contribution in [-0.2, 0) is 9.53 Å². The number of esters is 1. The van der Waals surface area contributed by atoms with Crippen LogP contribution in [0.3, 0.4) is 0 Å². The Morgan fingerprint density at radius 1 is 1.53 bits per heavy atom. The van der Waals surface area contributed by atoms with Crippen molar-refractivity contribution >= 4 is 29.2 Å². The molecule has 1 atom stereocenters. The number of alkyl halides is 3. The van der Waals surface area contributed by atoms with Crippen LogP contribution in [0.15, 0.2) is 0 Å². The quantitative estimate of drug-likeness (QED) is 0.554. The summed E-state index contributed by atoms with van der Waals surface area (Å²) < 4.78 is 15.1. The van der Waals surface area contributed by atoms with E-state index in [1.165, 1.54) is 0 Å². The highest BCUT2D eigenvalue weighted by molar-refractivity contribution is 6.49. The molecule has 0 saturated carbocycles. The molecule has 15 heavy (non-hydrogen) atoms. The van der Waals surface area contributed by atoms with E-state index in [2.05, 4.69) is 4.74 Å². The van der Waals surface area contributed by atoms with Gasteiger partial charge in [0.2, 0.25) is 0 Å². The lowest BCUT2D eigenvalue weighted by molar-refractivity contribution is -0.152. The average Bonchev–Trinajstić information content (AvgIpc) is 2.12. The monoisotopic (exact) mass is 260 g/mol. The Balaban J connectivity index is 4.77. The first-order chi connectivity index (χ1) is 6.79. The summed E-state index contributed by atoms with van der Waals surface area (Å²) in [5, 5.41) is 0. The first kappa shape index (κ1) is 14.9. The third-order valence-corrected chi connectivity index (χ3v) is 2.60. The fourth-order valence-corrected chi connectivity index (χ4v) is 1.34. The molecule has 0 heterocycles. The molecule has 0 aliphatic heterocycles. The maximum atomic E-state index is 13.4. The van der Waals surface area contributed by atoms with Gasteiger partial charge in [-0.1, -0.05) is 23.2 Å². The normalized spacial score (nSPS) is 15.9. The summed E-state index contributed by atoms with van der Waals surface area (Å²) in [4.78, 5) is 11.4. The van der Waals surface area contributed by atoms with E-state index in [-0.39, 0.29) is 19.6 Å². The summed E-state index contributed by atoms with van der Waals surface area (Å²) in [6.07, 6.45) is 0.242. The van der Waals surface area contributed by atoms with Crippen molar-refractivity contribution in [2.45, 2.75) is 29.9 Å². The predicted molar refractivity (Wildman–Crippen MR) is 57.4 cm³/mol. The fourth-order valence-electron chi connectivity index (χ4n) is 1.00. The van der Waals surface area contributed by atoms with Crippen molar-refractivity contribution in [1.82, 2.24) is 0 Å². The number of halogens is 3. The summed E-state index contributed by atoms with van der Waals surface area (Å²) in [7, 11) is 0. The molecule has 0 amide bonds. The van der Waals surface area contributed by atoms with E-state index in [0.717, 1.165) is 0 Å². The third-order valence-electron chi connectivity index (χ3n) is 1.92. The Hall–Kier alpha value is -0.100. The Morgan fingerprint density at radius 3 is 2.40 bits per heavy atom. The molecule has 90 valence electrons. The number of ether oxygens (including phenoxy) is 1. The molecule has 0 bridgehead atoms. The van der Waals surface area contributed by atoms with Crippen molar-refractivity contribution in [2.24, 2.45) is 11.5 Å². The number of nitrogens with two attached hydrogens (primary N) is 2. The van der Waals surface area contributed by atoms with Gasteiger partial charge in [-0.2, -0.15) is 0 Å². The molecule has 0 aliphatic carbocycles. The highest BCUT2D eigenvalue weighted by atomic mass is 35.5. The molecule has 0 aromatic heterocycles. The number of hydrogen-bond acceptors (Lipinski definition) is 4. The van der Waals surface area contributed by atoms with Crippen LogP contribution in [0.5, 0.6) is 0 Å². The highest BCUT2D eigenvalue weighted by Crippen LogP contribution is 2.37. The minimum absolute atomic E-state index is 0.0737. The van der Waals surface area contributed by atoms with Crippen LogP contribution in [0.2, 0.25) is 0 Å². The Bertz CT molecular complexity index is 223. The minimum atomic E-state index is -2.88. The Morgan fingerprint density at radius 2 is 2.07 bits per heavy atom. The van der Waals surface area contributed by atoms with Gasteiger partial charge in [-0.05, 0) is 26.3 Å². The standard InChI is InChI=1S/C8H15Cl2FN2O2/c1-2-15-6(14)7(13,4-3-5-12)8(9,10)11/h2-5,12-13H2,1H3. The van der Waals surface area contributed by atoms with Crippen molar-refractivity contribution in [1.29, 1.82) is 0 Å². The van der Waals surface area contributed by atoms with Crippen molar-refractivity contribution in [3.63, 3.8) is 0 Å². The Kier molecular flexibility index (Phi) is 5.80. The van der Waals surface area contributed by atoms with Crippen LogP contribution < -0.4 is 11.5 Å². The first-order valence-electron chi connectivity index (χ1n) is 4.52. The smallest absolute Gasteiger partial charge is 0.332 e. The summed E-state index contributed by atoms with van der Waals surface area (Å²) in [5.41, 5.74) is 8.68. The van der Waals surface area contributed by atoms with E-state index < -0.39 is 16.1 Å². The van der Waals surface area contributed by atoms with Crippen LogP contribution in [0.1, 0.15) is 19.8 Å². The van der Waals surface area contributed by atoms with Crippen LogP contribution in [0, 0.1) is 0 Å². The van der Waals surface area contributed by atoms with Gasteiger partial charge < -0.3 is 16.2 Å². The summed E-state index contributed by atoms with van der Waals surface area (Å²) in [6, 6.07) is 0. The van der Waals surface area contributed by atoms with Gasteiger partial charge in [0, 0.05) is 0 Å². The number of carbonyl (C=O) groups excluding carboxylic acids is 1. The van der Waals surface area contributed by atoms with Crippen LogP contribution >= 0.6 is 23.2 Å². The van der Waals surface area contributed by atoms with Crippen LogP contribution in [0.4, 0.5) is 4.39 Å². The van der Waals surface area contributed by atoms with Crippen molar-refractivity contribution in [3.05, 3.63) is 0 Å². The topological polar surface area (TPSA) is 78.3 Å². The lowest BCUT2D eigenvalue weighted by Gasteiger charge is -2.31. The van der Waals surface area contributed by atoms with Gasteiger partial charge in [0.1, 0.15) is 0 Å². The second kappa shape index (κ2) is 5.84. The van der Waals surface area contributed by atoms with Crippen LogP contribution in [0.25, 0.3) is 0 Å². The molecule has 0 aromatic carbocycles. The van der Waals surface area contributed by atoms with E-state index in [9.17, 15) is 9.18 Å². The van der Waals surface area contributed by atoms with E-state index in [1.807, 2.05) is 0 Å². The molecule has 0 fully saturated rings. The molecule has 7 heteroatoms. The lowest BCUT2D eigenvalue weighted by Crippen LogP contribution is -2.59. The molecular formula is C8H15Cl2FN2O2. The molecule has 0 spiro atoms. The van der Waals surface area contributed by atoms with Crippen molar-refractivity contribution < 1.29 is 13.9 Å². The van der Waals surface area contributed by atoms with Gasteiger partial charge in [0.25, 0.3) is 4.59 Å². The van der Waals surface area contributed by atoms with E-state index >= 15 is 0 Å². The second-order valence-electron chi connectivity index (χ2n) is 3.08. The molecule has 0 aromatic rings. The van der Waals surface area contributed by atoms with Gasteiger partial charge in [-0.3, -0.25) is 0 Å². The van der Waals surface area contributed by atoms with Gasteiger partial charge in [0.15, 0.2) is 5.54 Å². The van der Waals surface area contributed by atoms with E-state index in [4.69, 9.17) is 34.7 Å². The largest absolute Gasteiger partial charge is 0.464 e. The zero-order valence-corrected chi connectivity index (χ0v) is 9.95.